The molecule has 2 aliphatic rings. The Kier molecular flexibility index (Phi) is 5.58. The third-order valence-corrected chi connectivity index (χ3v) is 4.32. The summed E-state index contributed by atoms with van der Waals surface area (Å²) in [4.78, 5) is 28.9. The Labute approximate surface area is 127 Å². The molecule has 0 bridgehead atoms. The smallest absolute Gasteiger partial charge is 0.240 e. The Bertz CT molecular complexity index is 380. The lowest BCUT2D eigenvalue weighted by molar-refractivity contribution is -0.138. The Hall–Kier alpha value is -1.14. The Morgan fingerprint density at radius 1 is 1.14 bits per heavy atom. The van der Waals surface area contributed by atoms with Crippen LogP contribution in [0.3, 0.4) is 0 Å². The zero-order valence-electron chi connectivity index (χ0n) is 13.4. The maximum Gasteiger partial charge on any atom is 0.240 e. The van der Waals surface area contributed by atoms with E-state index in [0.717, 1.165) is 45.6 Å². The van der Waals surface area contributed by atoms with Gasteiger partial charge in [-0.3, -0.25) is 14.5 Å². The second-order valence-corrected chi connectivity index (χ2v) is 6.31. The van der Waals surface area contributed by atoms with Gasteiger partial charge in [0.25, 0.3) is 0 Å². The molecule has 2 heterocycles. The van der Waals surface area contributed by atoms with Gasteiger partial charge in [-0.1, -0.05) is 0 Å². The molecule has 2 atom stereocenters. The van der Waals surface area contributed by atoms with Crippen LogP contribution in [-0.2, 0) is 9.59 Å². The molecule has 0 aromatic carbocycles. The molecule has 2 aliphatic heterocycles. The van der Waals surface area contributed by atoms with Crippen LogP contribution in [0, 0.1) is 0 Å². The van der Waals surface area contributed by atoms with Crippen LogP contribution in [0.15, 0.2) is 0 Å². The van der Waals surface area contributed by atoms with Gasteiger partial charge < -0.3 is 15.5 Å². The first kappa shape index (κ1) is 16.2. The number of carbonyl (C=O) groups is 2. The van der Waals surface area contributed by atoms with E-state index in [2.05, 4.69) is 15.5 Å². The lowest BCUT2D eigenvalue weighted by Gasteiger charge is -2.35. The van der Waals surface area contributed by atoms with Crippen LogP contribution in [0.5, 0.6) is 0 Å². The molecule has 0 spiro atoms. The van der Waals surface area contributed by atoms with Crippen LogP contribution in [-0.4, -0.2) is 72.5 Å². The van der Waals surface area contributed by atoms with Crippen molar-refractivity contribution >= 4 is 11.8 Å². The summed E-state index contributed by atoms with van der Waals surface area (Å²) < 4.78 is 0. The van der Waals surface area contributed by atoms with Crippen molar-refractivity contribution in [2.24, 2.45) is 0 Å². The monoisotopic (exact) mass is 296 g/mol. The molecule has 2 saturated heterocycles. The predicted octanol–water partition coefficient (Wildman–Crippen LogP) is -0.204. The van der Waals surface area contributed by atoms with E-state index in [1.807, 2.05) is 25.7 Å². The zero-order chi connectivity index (χ0) is 15.4. The van der Waals surface area contributed by atoms with Gasteiger partial charge in [-0.25, -0.2) is 0 Å². The second kappa shape index (κ2) is 7.22. The highest BCUT2D eigenvalue weighted by Crippen LogP contribution is 2.22. The van der Waals surface area contributed by atoms with Crippen LogP contribution < -0.4 is 10.6 Å². The summed E-state index contributed by atoms with van der Waals surface area (Å²) in [6.07, 6.45) is 1.85. The number of hydrogen-bond donors (Lipinski definition) is 2. The summed E-state index contributed by atoms with van der Waals surface area (Å²) >= 11 is 0. The van der Waals surface area contributed by atoms with Crippen LogP contribution in [0.2, 0.25) is 0 Å². The minimum atomic E-state index is -0.244. The van der Waals surface area contributed by atoms with Crippen molar-refractivity contribution in [3.05, 3.63) is 0 Å². The van der Waals surface area contributed by atoms with Crippen LogP contribution in [0.25, 0.3) is 0 Å². The molecule has 6 heteroatoms. The summed E-state index contributed by atoms with van der Waals surface area (Å²) in [5, 5.41) is 6.21. The molecule has 120 valence electrons. The molecule has 21 heavy (non-hydrogen) atoms. The highest BCUT2D eigenvalue weighted by molar-refractivity contribution is 5.85. The lowest BCUT2D eigenvalue weighted by Crippen LogP contribution is -2.56. The Morgan fingerprint density at radius 3 is 2.43 bits per heavy atom. The van der Waals surface area contributed by atoms with Crippen molar-refractivity contribution in [3.63, 3.8) is 0 Å². The van der Waals surface area contributed by atoms with Crippen molar-refractivity contribution in [3.8, 4) is 0 Å². The zero-order valence-corrected chi connectivity index (χ0v) is 13.4. The van der Waals surface area contributed by atoms with E-state index >= 15 is 0 Å². The molecule has 0 aromatic heterocycles. The van der Waals surface area contributed by atoms with Gasteiger partial charge >= 0.3 is 0 Å². The Balaban J connectivity index is 1.98. The largest absolute Gasteiger partial charge is 0.353 e. The standard InChI is InChI=1S/C15H28N4O2/c1-11(2)17-14(20)12(3)19-8-4-5-13(19)15(21)18-9-6-16-7-10-18/h11-13,16H,4-10H2,1-3H3,(H,17,20). The van der Waals surface area contributed by atoms with E-state index in [1.165, 1.54) is 0 Å². The number of carbonyl (C=O) groups excluding carboxylic acids is 2. The van der Waals surface area contributed by atoms with Crippen molar-refractivity contribution in [2.45, 2.75) is 51.7 Å². The molecular formula is C15H28N4O2. The van der Waals surface area contributed by atoms with Crippen LogP contribution in [0.1, 0.15) is 33.6 Å². The predicted molar refractivity (Wildman–Crippen MR) is 81.9 cm³/mol. The fourth-order valence-electron chi connectivity index (χ4n) is 3.17. The Morgan fingerprint density at radius 2 is 1.81 bits per heavy atom. The first-order chi connectivity index (χ1) is 10.0. The molecule has 2 N–H and O–H groups in total. The van der Waals surface area contributed by atoms with E-state index in [9.17, 15) is 9.59 Å². The first-order valence-electron chi connectivity index (χ1n) is 8.06. The number of amides is 2. The highest BCUT2D eigenvalue weighted by Gasteiger charge is 2.38. The van der Waals surface area contributed by atoms with Crippen molar-refractivity contribution in [1.82, 2.24) is 20.4 Å². The number of piperazine rings is 1. The van der Waals surface area contributed by atoms with Gasteiger partial charge in [-0.05, 0) is 40.2 Å². The summed E-state index contributed by atoms with van der Waals surface area (Å²) in [6.45, 7) is 9.92. The average Bonchev–Trinajstić information content (AvgIpc) is 2.95. The molecule has 0 saturated carbocycles. The minimum absolute atomic E-state index is 0.0185. The van der Waals surface area contributed by atoms with Gasteiger partial charge in [0.15, 0.2) is 0 Å². The van der Waals surface area contributed by atoms with Gasteiger partial charge in [0, 0.05) is 32.2 Å². The molecular weight excluding hydrogens is 268 g/mol. The normalized spacial score (nSPS) is 25.1. The fourth-order valence-corrected chi connectivity index (χ4v) is 3.17. The summed E-state index contributed by atoms with van der Waals surface area (Å²) in [7, 11) is 0. The average molecular weight is 296 g/mol. The van der Waals surface area contributed by atoms with E-state index in [4.69, 9.17) is 0 Å². The quantitative estimate of drug-likeness (QED) is 0.754. The van der Waals surface area contributed by atoms with Gasteiger partial charge in [0.1, 0.15) is 0 Å². The van der Waals surface area contributed by atoms with E-state index < -0.39 is 0 Å². The van der Waals surface area contributed by atoms with Crippen molar-refractivity contribution < 1.29 is 9.59 Å². The third-order valence-electron chi connectivity index (χ3n) is 4.32. The fraction of sp³-hybridized carbons (Fsp3) is 0.867. The second-order valence-electron chi connectivity index (χ2n) is 6.31. The SMILES string of the molecule is CC(C)NC(=O)C(C)N1CCCC1C(=O)N1CCNCC1. The first-order valence-corrected chi connectivity index (χ1v) is 8.06. The van der Waals surface area contributed by atoms with Gasteiger partial charge in [-0.15, -0.1) is 0 Å². The highest BCUT2D eigenvalue weighted by atomic mass is 16.2. The molecule has 0 aromatic rings. The number of likely N-dealkylation sites (tertiary alicyclic amines) is 1. The van der Waals surface area contributed by atoms with Crippen LogP contribution >= 0.6 is 0 Å². The number of nitrogens with zero attached hydrogens (tertiary/aromatic N) is 2. The molecule has 2 unspecified atom stereocenters. The molecule has 2 amide bonds. The maximum atomic E-state index is 12.7. The topological polar surface area (TPSA) is 64.7 Å². The minimum Gasteiger partial charge on any atom is -0.353 e. The number of rotatable bonds is 4. The lowest BCUT2D eigenvalue weighted by atomic mass is 10.1. The maximum absolute atomic E-state index is 12.7. The molecule has 0 radical (unpaired) electrons. The third kappa shape index (κ3) is 3.95. The van der Waals surface area contributed by atoms with Crippen LogP contribution in [0.4, 0.5) is 0 Å². The number of hydrogen-bond acceptors (Lipinski definition) is 4. The van der Waals surface area contributed by atoms with E-state index in [0.29, 0.717) is 0 Å². The summed E-state index contributed by atoms with van der Waals surface area (Å²) in [5.41, 5.74) is 0. The molecule has 2 rings (SSSR count). The summed E-state index contributed by atoms with van der Waals surface area (Å²) in [6, 6.07) is -0.243. The van der Waals surface area contributed by atoms with Gasteiger partial charge in [0.05, 0.1) is 12.1 Å². The van der Waals surface area contributed by atoms with Crippen molar-refractivity contribution in [2.75, 3.05) is 32.7 Å². The van der Waals surface area contributed by atoms with Crippen molar-refractivity contribution in [1.29, 1.82) is 0 Å². The number of nitrogens with one attached hydrogen (secondary N) is 2. The molecule has 0 aliphatic carbocycles. The molecule has 6 nitrogen and oxygen atoms in total. The summed E-state index contributed by atoms with van der Waals surface area (Å²) in [5.74, 6) is 0.211. The van der Waals surface area contributed by atoms with Gasteiger partial charge in [0.2, 0.25) is 11.8 Å². The van der Waals surface area contributed by atoms with E-state index in [-0.39, 0.29) is 29.9 Å². The van der Waals surface area contributed by atoms with E-state index in [1.54, 1.807) is 0 Å². The van der Waals surface area contributed by atoms with Gasteiger partial charge in [-0.2, -0.15) is 0 Å². The molecule has 2 fully saturated rings.